The number of ether oxygens (including phenoxy) is 1. The van der Waals surface area contributed by atoms with Gasteiger partial charge in [0.1, 0.15) is 11.8 Å². The van der Waals surface area contributed by atoms with Crippen LogP contribution in [0.5, 0.6) is 5.75 Å². The van der Waals surface area contributed by atoms with E-state index in [4.69, 9.17) is 10.00 Å². The number of carbonyl (C=O) groups excluding carboxylic acids is 1. The molecule has 0 saturated carbocycles. The van der Waals surface area contributed by atoms with Crippen molar-refractivity contribution in [2.75, 3.05) is 24.3 Å². The molecule has 4 rings (SSSR count). The van der Waals surface area contributed by atoms with E-state index < -0.39 is 0 Å². The Balaban J connectivity index is 1.34. The third kappa shape index (κ3) is 4.84. The van der Waals surface area contributed by atoms with Crippen LogP contribution in [0.2, 0.25) is 0 Å². The van der Waals surface area contributed by atoms with E-state index in [2.05, 4.69) is 65.4 Å². The summed E-state index contributed by atoms with van der Waals surface area (Å²) in [5.41, 5.74) is 4.53. The van der Waals surface area contributed by atoms with Gasteiger partial charge in [0.2, 0.25) is 5.91 Å². The molecule has 0 saturated heterocycles. The first-order valence-electron chi connectivity index (χ1n) is 11.7. The monoisotopic (exact) mass is 454 g/mol. The number of para-hydroxylation sites is 1. The molecule has 0 radical (unpaired) electrons. The van der Waals surface area contributed by atoms with E-state index >= 15 is 0 Å². The van der Waals surface area contributed by atoms with Crippen LogP contribution in [0.4, 0.5) is 11.4 Å². The number of nitrogens with zero attached hydrogens (tertiary/aromatic N) is 2. The number of fused-ring (bicyclic) bond motifs is 3. The smallest absolute Gasteiger partial charge is 0.224 e. The van der Waals surface area contributed by atoms with Crippen LogP contribution >= 0.6 is 0 Å². The molecule has 0 aliphatic rings. The predicted octanol–water partition coefficient (Wildman–Crippen LogP) is 6.16. The predicted molar refractivity (Wildman–Crippen MR) is 138 cm³/mol. The van der Waals surface area contributed by atoms with E-state index in [1.807, 2.05) is 18.2 Å². The second kappa shape index (κ2) is 10.3. The topological polar surface area (TPSA) is 79.1 Å². The Hall–Kier alpha value is -3.98. The van der Waals surface area contributed by atoms with Crippen LogP contribution in [0, 0.1) is 17.2 Å². The highest BCUT2D eigenvalue weighted by Crippen LogP contribution is 2.31. The number of carbonyl (C=O) groups is 1. The maximum Gasteiger partial charge on any atom is 0.224 e. The maximum absolute atomic E-state index is 12.7. The van der Waals surface area contributed by atoms with Gasteiger partial charge in [0.25, 0.3) is 0 Å². The van der Waals surface area contributed by atoms with Crippen LogP contribution in [0.15, 0.2) is 60.7 Å². The van der Waals surface area contributed by atoms with Crippen LogP contribution in [0.1, 0.15) is 32.3 Å². The number of hydrogen-bond acceptors (Lipinski definition) is 4. The Bertz CT molecular complexity index is 1370. The second-order valence-electron chi connectivity index (χ2n) is 8.56. The molecular formula is C28H30N4O2. The van der Waals surface area contributed by atoms with Gasteiger partial charge in [-0.1, -0.05) is 25.1 Å². The molecular weight excluding hydrogens is 424 g/mol. The molecule has 0 bridgehead atoms. The van der Waals surface area contributed by atoms with E-state index in [1.54, 1.807) is 19.2 Å². The molecule has 0 spiro atoms. The third-order valence-electron chi connectivity index (χ3n) is 6.17. The van der Waals surface area contributed by atoms with Crippen molar-refractivity contribution in [1.29, 1.82) is 5.26 Å². The van der Waals surface area contributed by atoms with Crippen LogP contribution in [-0.2, 0) is 11.3 Å². The maximum atomic E-state index is 12.7. The molecule has 174 valence electrons. The molecule has 2 N–H and O–H groups in total. The minimum absolute atomic E-state index is 0.00178. The standard InChI is InChI=1S/C28H30N4O2/c1-4-32-26-8-6-5-7-23(26)24-16-21(10-12-27(24)32)31-28(33)15-19(2)13-14-34-22-11-9-20(18-29)25(17-22)30-3/h5-12,16-17,19,30H,4,13-15H2,1-3H3,(H,31,33). The van der Waals surface area contributed by atoms with Crippen LogP contribution in [-0.4, -0.2) is 24.1 Å². The van der Waals surface area contributed by atoms with Crippen molar-refractivity contribution in [3.05, 3.63) is 66.2 Å². The molecule has 1 aromatic heterocycles. The molecule has 1 heterocycles. The van der Waals surface area contributed by atoms with Crippen molar-refractivity contribution in [2.24, 2.45) is 5.92 Å². The van der Waals surface area contributed by atoms with E-state index in [0.717, 1.165) is 29.7 Å². The van der Waals surface area contributed by atoms with Crippen molar-refractivity contribution in [2.45, 2.75) is 33.2 Å². The number of benzene rings is 3. The number of amides is 1. The summed E-state index contributed by atoms with van der Waals surface area (Å²) in [6, 6.07) is 22.0. The van der Waals surface area contributed by atoms with Gasteiger partial charge in [0.05, 0.1) is 17.9 Å². The first kappa shape index (κ1) is 23.2. The molecule has 1 unspecified atom stereocenters. The average molecular weight is 455 g/mol. The number of rotatable bonds is 9. The quantitative estimate of drug-likeness (QED) is 0.317. The zero-order chi connectivity index (χ0) is 24.1. The van der Waals surface area contributed by atoms with E-state index in [0.29, 0.717) is 24.3 Å². The summed E-state index contributed by atoms with van der Waals surface area (Å²) in [6.45, 7) is 5.60. The zero-order valence-electron chi connectivity index (χ0n) is 19.9. The SMILES string of the molecule is CCn1c2ccccc2c2cc(NC(=O)CC(C)CCOc3ccc(C#N)c(NC)c3)ccc21. The van der Waals surface area contributed by atoms with Crippen molar-refractivity contribution in [1.82, 2.24) is 4.57 Å². The van der Waals surface area contributed by atoms with Gasteiger partial charge in [0, 0.05) is 53.6 Å². The highest BCUT2D eigenvalue weighted by Gasteiger charge is 2.13. The first-order valence-corrected chi connectivity index (χ1v) is 11.7. The molecule has 0 aliphatic heterocycles. The fourth-order valence-corrected chi connectivity index (χ4v) is 4.40. The van der Waals surface area contributed by atoms with Gasteiger partial charge < -0.3 is 19.9 Å². The Kier molecular flexibility index (Phi) is 7.03. The molecule has 3 aromatic carbocycles. The second-order valence-corrected chi connectivity index (χ2v) is 8.56. The van der Waals surface area contributed by atoms with Gasteiger partial charge in [-0.05, 0) is 55.7 Å². The number of aryl methyl sites for hydroxylation is 1. The average Bonchev–Trinajstić information content (AvgIpc) is 3.16. The summed E-state index contributed by atoms with van der Waals surface area (Å²) < 4.78 is 8.13. The summed E-state index contributed by atoms with van der Waals surface area (Å²) in [4.78, 5) is 12.7. The lowest BCUT2D eigenvalue weighted by Gasteiger charge is -2.13. The number of hydrogen-bond donors (Lipinski definition) is 2. The number of anilines is 2. The molecule has 4 aromatic rings. The van der Waals surface area contributed by atoms with Crippen molar-refractivity contribution in [3.63, 3.8) is 0 Å². The van der Waals surface area contributed by atoms with Crippen molar-refractivity contribution in [3.8, 4) is 11.8 Å². The number of nitrogens with one attached hydrogen (secondary N) is 2. The normalized spacial score (nSPS) is 11.8. The summed E-state index contributed by atoms with van der Waals surface area (Å²) in [6.07, 6.45) is 1.18. The highest BCUT2D eigenvalue weighted by molar-refractivity contribution is 6.09. The Morgan fingerprint density at radius 3 is 2.65 bits per heavy atom. The van der Waals surface area contributed by atoms with E-state index in [9.17, 15) is 4.79 Å². The van der Waals surface area contributed by atoms with E-state index in [-0.39, 0.29) is 11.8 Å². The molecule has 6 heteroatoms. The molecule has 1 atom stereocenters. The Morgan fingerprint density at radius 1 is 1.09 bits per heavy atom. The third-order valence-corrected chi connectivity index (χ3v) is 6.17. The lowest BCUT2D eigenvalue weighted by molar-refractivity contribution is -0.117. The van der Waals surface area contributed by atoms with Crippen molar-refractivity contribution < 1.29 is 9.53 Å². The molecule has 34 heavy (non-hydrogen) atoms. The summed E-state index contributed by atoms with van der Waals surface area (Å²) in [5.74, 6) is 0.884. The Labute approximate surface area is 200 Å². The van der Waals surface area contributed by atoms with Gasteiger partial charge in [-0.25, -0.2) is 0 Å². The van der Waals surface area contributed by atoms with Crippen LogP contribution in [0.25, 0.3) is 21.8 Å². The minimum Gasteiger partial charge on any atom is -0.494 e. The summed E-state index contributed by atoms with van der Waals surface area (Å²) in [5, 5.41) is 17.5. The fraction of sp³-hybridized carbons (Fsp3) is 0.286. The van der Waals surface area contributed by atoms with Gasteiger partial charge in [-0.2, -0.15) is 5.26 Å². The van der Waals surface area contributed by atoms with Gasteiger partial charge in [0.15, 0.2) is 0 Å². The largest absolute Gasteiger partial charge is 0.494 e. The summed E-state index contributed by atoms with van der Waals surface area (Å²) in [7, 11) is 1.78. The lowest BCUT2D eigenvalue weighted by Crippen LogP contribution is -2.16. The zero-order valence-corrected chi connectivity index (χ0v) is 19.9. The van der Waals surface area contributed by atoms with Gasteiger partial charge in [-0.15, -0.1) is 0 Å². The first-order chi connectivity index (χ1) is 16.5. The lowest BCUT2D eigenvalue weighted by atomic mass is 10.0. The Morgan fingerprint density at radius 2 is 1.88 bits per heavy atom. The summed E-state index contributed by atoms with van der Waals surface area (Å²) >= 11 is 0. The minimum atomic E-state index is 0.00178. The highest BCUT2D eigenvalue weighted by atomic mass is 16.5. The van der Waals surface area contributed by atoms with Crippen LogP contribution < -0.4 is 15.4 Å². The van der Waals surface area contributed by atoms with Gasteiger partial charge in [-0.3, -0.25) is 4.79 Å². The van der Waals surface area contributed by atoms with Gasteiger partial charge >= 0.3 is 0 Å². The van der Waals surface area contributed by atoms with E-state index in [1.165, 1.54) is 16.4 Å². The van der Waals surface area contributed by atoms with Crippen LogP contribution in [0.3, 0.4) is 0 Å². The van der Waals surface area contributed by atoms with Crippen molar-refractivity contribution >= 4 is 39.1 Å². The fourth-order valence-electron chi connectivity index (χ4n) is 4.40. The number of aromatic nitrogens is 1. The number of nitriles is 1. The molecule has 0 aliphatic carbocycles. The molecule has 6 nitrogen and oxygen atoms in total. The molecule has 0 fully saturated rings. The molecule has 1 amide bonds.